The number of aromatic amines is 1. The number of rotatable bonds is 6. The van der Waals surface area contributed by atoms with E-state index in [0.29, 0.717) is 23.8 Å². The van der Waals surface area contributed by atoms with Crippen LogP contribution in [0.5, 0.6) is 23.1 Å². The molecule has 0 saturated carbocycles. The first-order valence-corrected chi connectivity index (χ1v) is 11.2. The van der Waals surface area contributed by atoms with E-state index in [1.165, 1.54) is 7.11 Å². The van der Waals surface area contributed by atoms with Gasteiger partial charge in [0.25, 0.3) is 5.56 Å². The summed E-state index contributed by atoms with van der Waals surface area (Å²) in [6.07, 6.45) is 0.608. The monoisotopic (exact) mass is 479 g/mol. The van der Waals surface area contributed by atoms with Crippen molar-refractivity contribution in [2.75, 3.05) is 27.5 Å². The number of Topliss-reactive ketones (excluding diaryl/α,β-unsaturated/α-hetero) is 1. The molecule has 10 nitrogen and oxygen atoms in total. The Morgan fingerprint density at radius 3 is 2.74 bits per heavy atom. The lowest BCUT2D eigenvalue weighted by Crippen LogP contribution is -2.37. The van der Waals surface area contributed by atoms with Crippen molar-refractivity contribution >= 4 is 5.78 Å². The number of aromatic hydroxyl groups is 1. The second kappa shape index (κ2) is 8.95. The molecule has 3 aromatic rings. The number of nitrogens with zero attached hydrogens (tertiary/aromatic N) is 2. The Labute approximate surface area is 200 Å². The highest BCUT2D eigenvalue weighted by atomic mass is 16.7. The third-order valence-electron chi connectivity index (χ3n) is 6.56. The molecule has 0 spiro atoms. The molecule has 3 heterocycles. The summed E-state index contributed by atoms with van der Waals surface area (Å²) in [6.45, 7) is 0.760. The van der Waals surface area contributed by atoms with Crippen LogP contribution in [-0.2, 0) is 13.0 Å². The van der Waals surface area contributed by atoms with E-state index in [0.717, 1.165) is 27.7 Å². The van der Waals surface area contributed by atoms with Crippen LogP contribution in [0, 0.1) is 0 Å². The number of hydrogen-bond acceptors (Lipinski definition) is 8. The van der Waals surface area contributed by atoms with Crippen LogP contribution in [0.4, 0.5) is 0 Å². The van der Waals surface area contributed by atoms with Crippen LogP contribution in [0.1, 0.15) is 39.5 Å². The van der Waals surface area contributed by atoms with Gasteiger partial charge in [-0.25, -0.2) is 4.79 Å². The van der Waals surface area contributed by atoms with Gasteiger partial charge in [-0.15, -0.1) is 0 Å². The first kappa shape index (κ1) is 22.7. The van der Waals surface area contributed by atoms with Crippen molar-refractivity contribution in [3.8, 4) is 23.1 Å². The summed E-state index contributed by atoms with van der Waals surface area (Å²) in [5.74, 6) is 0.332. The average Bonchev–Trinajstić information content (AvgIpc) is 3.31. The Morgan fingerprint density at radius 1 is 1.23 bits per heavy atom. The van der Waals surface area contributed by atoms with E-state index in [1.54, 1.807) is 24.3 Å². The van der Waals surface area contributed by atoms with Gasteiger partial charge in [-0.05, 0) is 30.7 Å². The minimum absolute atomic E-state index is 0.00598. The maximum Gasteiger partial charge on any atom is 0.331 e. The molecule has 2 aliphatic rings. The van der Waals surface area contributed by atoms with Crippen LogP contribution in [0.3, 0.4) is 0 Å². The van der Waals surface area contributed by atoms with Gasteiger partial charge in [-0.2, -0.15) is 0 Å². The molecule has 35 heavy (non-hydrogen) atoms. The number of hydrogen-bond donors (Lipinski definition) is 2. The maximum absolute atomic E-state index is 13.4. The molecule has 0 saturated heterocycles. The largest absolute Gasteiger partial charge is 0.494 e. The minimum atomic E-state index is -0.918. The van der Waals surface area contributed by atoms with Gasteiger partial charge < -0.3 is 19.3 Å². The van der Waals surface area contributed by atoms with Crippen LogP contribution in [0.25, 0.3) is 0 Å². The Bertz CT molecular complexity index is 1410. The number of fused-ring (bicyclic) bond motifs is 2. The van der Waals surface area contributed by atoms with Crippen molar-refractivity contribution in [3.05, 3.63) is 79.5 Å². The molecular formula is C25H25N3O7. The number of likely N-dealkylation sites (N-methyl/N-ethyl adjacent to an activating group) is 1. The molecule has 0 bridgehead atoms. The number of carbonyl (C=O) groups is 1. The summed E-state index contributed by atoms with van der Waals surface area (Å²) in [7, 11) is 3.41. The first-order valence-electron chi connectivity index (χ1n) is 11.2. The fourth-order valence-corrected chi connectivity index (χ4v) is 4.78. The first-order chi connectivity index (χ1) is 16.9. The Hall–Kier alpha value is -4.05. The predicted molar refractivity (Wildman–Crippen MR) is 126 cm³/mol. The van der Waals surface area contributed by atoms with Crippen molar-refractivity contribution in [1.29, 1.82) is 0 Å². The van der Waals surface area contributed by atoms with E-state index in [9.17, 15) is 19.5 Å². The zero-order valence-electron chi connectivity index (χ0n) is 19.4. The van der Waals surface area contributed by atoms with E-state index in [1.807, 2.05) is 24.1 Å². The van der Waals surface area contributed by atoms with E-state index in [2.05, 4.69) is 4.98 Å². The van der Waals surface area contributed by atoms with E-state index < -0.39 is 34.5 Å². The van der Waals surface area contributed by atoms with Gasteiger partial charge in [-0.3, -0.25) is 24.0 Å². The van der Waals surface area contributed by atoms with Gasteiger partial charge in [-0.1, -0.05) is 30.3 Å². The fraction of sp³-hybridized carbons (Fsp3) is 0.320. The topological polar surface area (TPSA) is 123 Å². The normalized spacial score (nSPS) is 16.7. The predicted octanol–water partition coefficient (Wildman–Crippen LogP) is 1.83. The molecule has 0 fully saturated rings. The van der Waals surface area contributed by atoms with Crippen LogP contribution in [0.15, 0.2) is 46.0 Å². The summed E-state index contributed by atoms with van der Waals surface area (Å²) in [5.41, 5.74) is 0.333. The minimum Gasteiger partial charge on any atom is -0.494 e. The summed E-state index contributed by atoms with van der Waals surface area (Å²) >= 11 is 0. The van der Waals surface area contributed by atoms with Crippen LogP contribution < -0.4 is 25.5 Å². The third-order valence-corrected chi connectivity index (χ3v) is 6.56. The highest BCUT2D eigenvalue weighted by Gasteiger charge is 2.36. The number of nitrogens with one attached hydrogen (secondary N) is 1. The van der Waals surface area contributed by atoms with Crippen molar-refractivity contribution in [2.45, 2.75) is 25.4 Å². The average molecular weight is 479 g/mol. The quantitative estimate of drug-likeness (QED) is 0.514. The van der Waals surface area contributed by atoms with Gasteiger partial charge in [0, 0.05) is 24.6 Å². The lowest BCUT2D eigenvalue weighted by Gasteiger charge is -2.35. The molecule has 2 N–H and O–H groups in total. The molecule has 2 aromatic carbocycles. The van der Waals surface area contributed by atoms with Gasteiger partial charge in [0.2, 0.25) is 18.4 Å². The van der Waals surface area contributed by atoms with Crippen molar-refractivity contribution in [2.24, 2.45) is 0 Å². The van der Waals surface area contributed by atoms with Gasteiger partial charge in [0.15, 0.2) is 17.3 Å². The summed E-state index contributed by atoms with van der Waals surface area (Å²) < 4.78 is 17.8. The molecule has 0 radical (unpaired) electrons. The van der Waals surface area contributed by atoms with Crippen molar-refractivity contribution in [3.63, 3.8) is 0 Å². The van der Waals surface area contributed by atoms with Gasteiger partial charge in [0.05, 0.1) is 13.7 Å². The second-order valence-corrected chi connectivity index (χ2v) is 8.62. The number of H-pyrrole nitrogens is 1. The third kappa shape index (κ3) is 3.95. The number of methoxy groups -OCH3 is 1. The second-order valence-electron chi connectivity index (χ2n) is 8.62. The molecule has 10 heteroatoms. The highest BCUT2D eigenvalue weighted by Crippen LogP contribution is 2.50. The molecule has 0 aliphatic carbocycles. The summed E-state index contributed by atoms with van der Waals surface area (Å²) in [6, 6.07) is 10.4. The number of benzene rings is 2. The van der Waals surface area contributed by atoms with Gasteiger partial charge >= 0.3 is 5.69 Å². The lowest BCUT2D eigenvalue weighted by atomic mass is 9.87. The smallest absolute Gasteiger partial charge is 0.331 e. The molecule has 1 atom stereocenters. The van der Waals surface area contributed by atoms with Crippen molar-refractivity contribution in [1.82, 2.24) is 14.5 Å². The van der Waals surface area contributed by atoms with Crippen LogP contribution >= 0.6 is 0 Å². The SMILES string of the molecule is COc1c2c(cc3c1[C@H](CC(=O)c1c(O)n(Cc4ccccc4)c(=O)[nH]c1=O)N(C)CC3)OCO2. The maximum atomic E-state index is 13.4. The summed E-state index contributed by atoms with van der Waals surface area (Å²) in [4.78, 5) is 42.7. The Kier molecular flexibility index (Phi) is 5.81. The highest BCUT2D eigenvalue weighted by molar-refractivity contribution is 5.98. The standard InChI is InChI=1S/C25H25N3O7/c1-27-9-8-15-10-18-21(35-13-34-18)22(33-2)19(15)16(27)11-17(29)20-23(30)26-25(32)28(24(20)31)12-14-6-4-3-5-7-14/h3-7,10,16,31H,8-9,11-13H2,1-2H3,(H,26,30,32)/t16-/m0/s1. The number of ether oxygens (including phenoxy) is 3. The molecule has 2 aliphatic heterocycles. The molecule has 0 amide bonds. The molecule has 182 valence electrons. The van der Waals surface area contributed by atoms with Crippen LogP contribution in [-0.4, -0.2) is 52.8 Å². The van der Waals surface area contributed by atoms with E-state index in [4.69, 9.17) is 14.2 Å². The number of ketones is 1. The fourth-order valence-electron chi connectivity index (χ4n) is 4.78. The molecule has 1 aromatic heterocycles. The van der Waals surface area contributed by atoms with Crippen LogP contribution in [0.2, 0.25) is 0 Å². The van der Waals surface area contributed by atoms with E-state index in [-0.39, 0.29) is 19.8 Å². The molecule has 5 rings (SSSR count). The zero-order valence-corrected chi connectivity index (χ0v) is 19.4. The zero-order chi connectivity index (χ0) is 24.7. The lowest BCUT2D eigenvalue weighted by molar-refractivity contribution is 0.0919. The summed E-state index contributed by atoms with van der Waals surface area (Å²) in [5, 5.41) is 10.8. The van der Waals surface area contributed by atoms with Gasteiger partial charge in [0.1, 0.15) is 5.56 Å². The molecular weight excluding hydrogens is 454 g/mol. The van der Waals surface area contributed by atoms with Crippen molar-refractivity contribution < 1.29 is 24.1 Å². The molecule has 0 unspecified atom stereocenters. The number of aromatic nitrogens is 2. The number of carbonyl (C=O) groups excluding carboxylic acids is 1. The Morgan fingerprint density at radius 2 is 2.00 bits per heavy atom. The Balaban J connectivity index is 1.53. The van der Waals surface area contributed by atoms with E-state index >= 15 is 0 Å².